The third-order valence-corrected chi connectivity index (χ3v) is 4.91. The summed E-state index contributed by atoms with van der Waals surface area (Å²) in [6, 6.07) is 7.70. The number of nitriles is 1. The van der Waals surface area contributed by atoms with Crippen LogP contribution in [-0.4, -0.2) is 19.5 Å². The molecule has 142 valence electrons. The van der Waals surface area contributed by atoms with Gasteiger partial charge in [-0.1, -0.05) is 19.9 Å². The van der Waals surface area contributed by atoms with E-state index < -0.39 is 5.92 Å². The molecule has 1 aromatic rings. The van der Waals surface area contributed by atoms with Crippen molar-refractivity contribution in [2.75, 3.05) is 13.7 Å². The minimum atomic E-state index is -0.438. The zero-order valence-electron chi connectivity index (χ0n) is 16.1. The number of hydrogen-bond donors (Lipinski definition) is 1. The molecule has 6 heteroatoms. The van der Waals surface area contributed by atoms with Crippen LogP contribution in [0.2, 0.25) is 0 Å². The molecular formula is C21H24N2O4. The van der Waals surface area contributed by atoms with Crippen LogP contribution in [0.3, 0.4) is 0 Å². The van der Waals surface area contributed by atoms with Crippen molar-refractivity contribution in [1.82, 2.24) is 0 Å². The van der Waals surface area contributed by atoms with E-state index in [1.165, 1.54) is 0 Å². The summed E-state index contributed by atoms with van der Waals surface area (Å²) >= 11 is 0. The quantitative estimate of drug-likeness (QED) is 0.873. The van der Waals surface area contributed by atoms with Crippen LogP contribution in [0, 0.1) is 16.7 Å². The van der Waals surface area contributed by atoms with Crippen LogP contribution in [0.5, 0.6) is 11.5 Å². The van der Waals surface area contributed by atoms with Crippen LogP contribution < -0.4 is 15.2 Å². The third-order valence-electron chi connectivity index (χ3n) is 4.91. The first-order valence-electron chi connectivity index (χ1n) is 8.96. The smallest absolute Gasteiger partial charge is 0.205 e. The molecule has 1 aromatic carbocycles. The second-order valence-corrected chi connectivity index (χ2v) is 7.56. The molecule has 3 rings (SSSR count). The average Bonchev–Trinajstić information content (AvgIpc) is 2.61. The summed E-state index contributed by atoms with van der Waals surface area (Å²) in [5.74, 6) is 0.947. The predicted molar refractivity (Wildman–Crippen MR) is 99.9 cm³/mol. The van der Waals surface area contributed by atoms with Crippen molar-refractivity contribution in [3.05, 3.63) is 46.6 Å². The number of ether oxygens (including phenoxy) is 3. The van der Waals surface area contributed by atoms with Crippen LogP contribution in [0.15, 0.2) is 41.0 Å². The van der Waals surface area contributed by atoms with Crippen molar-refractivity contribution in [1.29, 1.82) is 5.26 Å². The molecule has 0 bridgehead atoms. The van der Waals surface area contributed by atoms with Crippen molar-refractivity contribution in [3.63, 3.8) is 0 Å². The fraction of sp³-hybridized carbons (Fsp3) is 0.429. The molecule has 1 aliphatic heterocycles. The van der Waals surface area contributed by atoms with Gasteiger partial charge in [-0.15, -0.1) is 0 Å². The number of nitrogens with zero attached hydrogens (tertiary/aromatic N) is 1. The molecule has 0 saturated carbocycles. The summed E-state index contributed by atoms with van der Waals surface area (Å²) in [7, 11) is 1.57. The average molecular weight is 368 g/mol. The van der Waals surface area contributed by atoms with Gasteiger partial charge in [0.05, 0.1) is 13.7 Å². The van der Waals surface area contributed by atoms with Gasteiger partial charge in [-0.3, -0.25) is 4.79 Å². The molecule has 1 heterocycles. The minimum Gasteiger partial charge on any atom is -0.493 e. The predicted octanol–water partition coefficient (Wildman–Crippen LogP) is 3.54. The highest BCUT2D eigenvalue weighted by Gasteiger charge is 2.42. The third kappa shape index (κ3) is 3.37. The van der Waals surface area contributed by atoms with Gasteiger partial charge in [0.2, 0.25) is 5.88 Å². The zero-order chi connectivity index (χ0) is 19.8. The zero-order valence-corrected chi connectivity index (χ0v) is 16.1. The minimum absolute atomic E-state index is 0.0119. The van der Waals surface area contributed by atoms with Crippen molar-refractivity contribution in [3.8, 4) is 17.6 Å². The van der Waals surface area contributed by atoms with Gasteiger partial charge in [0.25, 0.3) is 0 Å². The summed E-state index contributed by atoms with van der Waals surface area (Å²) in [6.45, 7) is 6.49. The van der Waals surface area contributed by atoms with Gasteiger partial charge in [-0.05, 0) is 42.0 Å². The van der Waals surface area contributed by atoms with E-state index in [1.807, 2.05) is 39.0 Å². The van der Waals surface area contributed by atoms with E-state index in [4.69, 9.17) is 19.9 Å². The normalized spacial score (nSPS) is 21.3. The molecule has 0 saturated heterocycles. The molecule has 1 aliphatic carbocycles. The van der Waals surface area contributed by atoms with Gasteiger partial charge in [0.15, 0.2) is 23.0 Å². The van der Waals surface area contributed by atoms with Crippen LogP contribution in [0.1, 0.15) is 45.1 Å². The number of Topliss-reactive ketones (excluding diaryl/α,β-unsaturated/α-hetero) is 1. The Balaban J connectivity index is 2.16. The Morgan fingerprint density at radius 1 is 1.33 bits per heavy atom. The largest absolute Gasteiger partial charge is 0.493 e. The Labute approximate surface area is 159 Å². The topological polar surface area (TPSA) is 94.6 Å². The van der Waals surface area contributed by atoms with Gasteiger partial charge in [0, 0.05) is 12.3 Å². The summed E-state index contributed by atoms with van der Waals surface area (Å²) in [4.78, 5) is 12.6. The molecule has 2 N–H and O–H groups in total. The van der Waals surface area contributed by atoms with Crippen molar-refractivity contribution in [2.45, 2.75) is 39.5 Å². The highest BCUT2D eigenvalue weighted by Crippen LogP contribution is 2.49. The molecule has 0 aromatic heterocycles. The maximum absolute atomic E-state index is 12.6. The van der Waals surface area contributed by atoms with Crippen molar-refractivity contribution < 1.29 is 19.0 Å². The summed E-state index contributed by atoms with van der Waals surface area (Å²) < 4.78 is 16.6. The Morgan fingerprint density at radius 3 is 2.70 bits per heavy atom. The number of rotatable bonds is 4. The summed E-state index contributed by atoms with van der Waals surface area (Å²) in [5.41, 5.74) is 7.71. The fourth-order valence-corrected chi connectivity index (χ4v) is 3.82. The molecule has 1 unspecified atom stereocenters. The van der Waals surface area contributed by atoms with Crippen LogP contribution in [-0.2, 0) is 9.53 Å². The van der Waals surface area contributed by atoms with E-state index in [0.717, 1.165) is 11.1 Å². The van der Waals surface area contributed by atoms with Gasteiger partial charge >= 0.3 is 0 Å². The molecule has 0 fully saturated rings. The molecule has 0 radical (unpaired) electrons. The lowest BCUT2D eigenvalue weighted by Gasteiger charge is -2.37. The SMILES string of the molecule is CCOc1ccc(C2C(C#N)=C(N)OC3=C2CC(C)(C)CC3=O)cc1OC. The molecule has 2 aliphatic rings. The first-order valence-corrected chi connectivity index (χ1v) is 8.96. The molecular weight excluding hydrogens is 344 g/mol. The lowest BCUT2D eigenvalue weighted by atomic mass is 9.69. The number of ketones is 1. The number of methoxy groups -OCH3 is 1. The van der Waals surface area contributed by atoms with Crippen molar-refractivity contribution >= 4 is 5.78 Å². The lowest BCUT2D eigenvalue weighted by molar-refractivity contribution is -0.121. The highest BCUT2D eigenvalue weighted by atomic mass is 16.5. The standard InChI is InChI=1S/C21H24N2O4/c1-5-26-16-7-6-12(8-17(16)25-4)18-13-9-21(2,3)10-15(24)19(13)27-20(23)14(18)11-22/h6-8,18H,5,9-10,23H2,1-4H3. The van der Waals surface area contributed by atoms with Gasteiger partial charge in [-0.25, -0.2) is 0 Å². The molecule has 1 atom stereocenters. The van der Waals surface area contributed by atoms with Gasteiger partial charge in [-0.2, -0.15) is 5.26 Å². The van der Waals surface area contributed by atoms with E-state index in [1.54, 1.807) is 7.11 Å². The number of allylic oxidation sites excluding steroid dienone is 3. The Morgan fingerprint density at radius 2 is 2.07 bits per heavy atom. The Bertz CT molecular complexity index is 890. The van der Waals surface area contributed by atoms with E-state index in [9.17, 15) is 10.1 Å². The van der Waals surface area contributed by atoms with Crippen LogP contribution in [0.25, 0.3) is 0 Å². The van der Waals surface area contributed by atoms with Crippen LogP contribution in [0.4, 0.5) is 0 Å². The first-order chi connectivity index (χ1) is 12.8. The lowest BCUT2D eigenvalue weighted by Crippen LogP contribution is -2.33. The first kappa shape index (κ1) is 18.8. The molecule has 0 spiro atoms. The maximum Gasteiger partial charge on any atom is 0.205 e. The number of carbonyl (C=O) groups is 1. The molecule has 0 amide bonds. The van der Waals surface area contributed by atoms with E-state index in [2.05, 4.69) is 6.07 Å². The number of carbonyl (C=O) groups excluding carboxylic acids is 1. The Kier molecular flexibility index (Phi) is 4.88. The van der Waals surface area contributed by atoms with Crippen molar-refractivity contribution in [2.24, 2.45) is 11.1 Å². The molecule has 27 heavy (non-hydrogen) atoms. The molecule has 6 nitrogen and oxygen atoms in total. The summed E-state index contributed by atoms with van der Waals surface area (Å²) in [6.07, 6.45) is 1.03. The van der Waals surface area contributed by atoms with Crippen LogP contribution >= 0.6 is 0 Å². The number of benzene rings is 1. The monoisotopic (exact) mass is 368 g/mol. The number of hydrogen-bond acceptors (Lipinski definition) is 6. The fourth-order valence-electron chi connectivity index (χ4n) is 3.82. The second-order valence-electron chi connectivity index (χ2n) is 7.56. The van der Waals surface area contributed by atoms with Gasteiger partial charge < -0.3 is 19.9 Å². The Hall–Kier alpha value is -2.94. The van der Waals surface area contributed by atoms with Gasteiger partial charge in [0.1, 0.15) is 11.6 Å². The summed E-state index contributed by atoms with van der Waals surface area (Å²) in [5, 5.41) is 9.71. The van der Waals surface area contributed by atoms with E-state index in [-0.39, 0.29) is 22.8 Å². The number of nitrogens with two attached hydrogens (primary N) is 1. The van der Waals surface area contributed by atoms with E-state index in [0.29, 0.717) is 36.5 Å². The highest BCUT2D eigenvalue weighted by molar-refractivity contribution is 5.96. The van der Waals surface area contributed by atoms with E-state index >= 15 is 0 Å². The maximum atomic E-state index is 12.6. The second kappa shape index (κ2) is 6.99.